The third-order valence-electron chi connectivity index (χ3n) is 4.11. The second kappa shape index (κ2) is 4.56. The number of carbonyl (C=O) groups is 2. The van der Waals surface area contributed by atoms with Crippen LogP contribution in [0.25, 0.3) is 0 Å². The molecule has 3 heterocycles. The molecule has 19 heavy (non-hydrogen) atoms. The Morgan fingerprint density at radius 3 is 2.84 bits per heavy atom. The van der Waals surface area contributed by atoms with Crippen molar-refractivity contribution in [3.8, 4) is 0 Å². The number of hydrogen-bond donors (Lipinski definition) is 0. The molecule has 2 amide bonds. The van der Waals surface area contributed by atoms with Crippen LogP contribution < -0.4 is 0 Å². The van der Waals surface area contributed by atoms with E-state index < -0.39 is 0 Å². The van der Waals surface area contributed by atoms with Crippen LogP contribution in [0.15, 0.2) is 0 Å². The minimum absolute atomic E-state index is 0.0328. The van der Waals surface area contributed by atoms with E-state index >= 15 is 0 Å². The fourth-order valence-corrected chi connectivity index (χ4v) is 3.48. The van der Waals surface area contributed by atoms with Gasteiger partial charge in [0.25, 0.3) is 5.91 Å². The van der Waals surface area contributed by atoms with Crippen LogP contribution in [0.1, 0.15) is 22.6 Å². The molecule has 1 aromatic heterocycles. The molecule has 1 aromatic rings. The van der Waals surface area contributed by atoms with Gasteiger partial charge in [0.15, 0.2) is 5.69 Å². The minimum Gasteiger partial charge on any atom is -0.345 e. The number of nitrogens with zero attached hydrogens (tertiary/aromatic N) is 4. The van der Waals surface area contributed by atoms with Crippen molar-refractivity contribution in [2.75, 3.05) is 26.7 Å². The lowest BCUT2D eigenvalue weighted by Gasteiger charge is -2.30. The van der Waals surface area contributed by atoms with Crippen LogP contribution in [0.5, 0.6) is 0 Å². The minimum atomic E-state index is -0.0869. The summed E-state index contributed by atoms with van der Waals surface area (Å²) in [6, 6.07) is 0. The normalized spacial score (nSPS) is 26.7. The Bertz CT molecular complexity index is 530. The largest absolute Gasteiger partial charge is 0.345 e. The van der Waals surface area contributed by atoms with E-state index in [1.165, 1.54) is 0 Å². The lowest BCUT2D eigenvalue weighted by Crippen LogP contribution is -2.42. The zero-order valence-corrected chi connectivity index (χ0v) is 11.8. The summed E-state index contributed by atoms with van der Waals surface area (Å²) in [5.41, 5.74) is 1.11. The Morgan fingerprint density at radius 2 is 2.16 bits per heavy atom. The van der Waals surface area contributed by atoms with Crippen molar-refractivity contribution in [3.05, 3.63) is 11.4 Å². The van der Waals surface area contributed by atoms with E-state index in [-0.39, 0.29) is 17.7 Å². The van der Waals surface area contributed by atoms with Crippen LogP contribution >= 0.6 is 11.7 Å². The Balaban J connectivity index is 1.77. The van der Waals surface area contributed by atoms with E-state index in [1.54, 1.807) is 16.7 Å². The molecular formula is C12H16N4O2S. The predicted molar refractivity (Wildman–Crippen MR) is 69.8 cm³/mol. The van der Waals surface area contributed by atoms with Crippen molar-refractivity contribution in [1.29, 1.82) is 0 Å². The van der Waals surface area contributed by atoms with Gasteiger partial charge in [0.1, 0.15) is 0 Å². The molecule has 2 aliphatic heterocycles. The first kappa shape index (κ1) is 12.5. The highest BCUT2D eigenvalue weighted by Gasteiger charge is 2.43. The molecule has 0 aromatic carbocycles. The number of rotatable bonds is 1. The van der Waals surface area contributed by atoms with Gasteiger partial charge >= 0.3 is 0 Å². The summed E-state index contributed by atoms with van der Waals surface area (Å²) in [5.74, 6) is 0.352. The molecule has 7 heteroatoms. The van der Waals surface area contributed by atoms with Gasteiger partial charge in [0.2, 0.25) is 5.91 Å². The summed E-state index contributed by atoms with van der Waals surface area (Å²) in [6.45, 7) is 3.77. The van der Waals surface area contributed by atoms with Crippen LogP contribution in [0.2, 0.25) is 0 Å². The van der Waals surface area contributed by atoms with E-state index in [2.05, 4.69) is 8.75 Å². The van der Waals surface area contributed by atoms with Crippen LogP contribution in [0.4, 0.5) is 0 Å². The van der Waals surface area contributed by atoms with Crippen molar-refractivity contribution in [3.63, 3.8) is 0 Å². The summed E-state index contributed by atoms with van der Waals surface area (Å²) in [7, 11) is 1.83. The van der Waals surface area contributed by atoms with E-state index in [0.717, 1.165) is 24.7 Å². The smallest absolute Gasteiger partial charge is 0.275 e. The predicted octanol–water partition coefficient (Wildman–Crippen LogP) is 0.397. The monoisotopic (exact) mass is 280 g/mol. The maximum atomic E-state index is 12.4. The summed E-state index contributed by atoms with van der Waals surface area (Å²) < 4.78 is 8.09. The van der Waals surface area contributed by atoms with Crippen molar-refractivity contribution in [2.45, 2.75) is 13.3 Å². The van der Waals surface area contributed by atoms with Crippen molar-refractivity contribution < 1.29 is 9.59 Å². The summed E-state index contributed by atoms with van der Waals surface area (Å²) in [4.78, 5) is 28.0. The molecule has 0 aliphatic carbocycles. The fraction of sp³-hybridized carbons (Fsp3) is 0.667. The lowest BCUT2D eigenvalue weighted by atomic mass is 9.88. The number of fused-ring (bicyclic) bond motifs is 1. The second-order valence-electron chi connectivity index (χ2n) is 5.32. The third-order valence-corrected chi connectivity index (χ3v) is 4.73. The molecule has 0 N–H and O–H groups in total. The highest BCUT2D eigenvalue weighted by Crippen LogP contribution is 2.32. The van der Waals surface area contributed by atoms with Crippen molar-refractivity contribution >= 4 is 23.5 Å². The average Bonchev–Trinajstić information content (AvgIpc) is 2.99. The second-order valence-corrected chi connectivity index (χ2v) is 5.85. The number of likely N-dealkylation sites (tertiary alicyclic amines) is 2. The van der Waals surface area contributed by atoms with Gasteiger partial charge in [-0.05, 0) is 19.3 Å². The molecule has 0 radical (unpaired) electrons. The van der Waals surface area contributed by atoms with Crippen LogP contribution in [0.3, 0.4) is 0 Å². The van der Waals surface area contributed by atoms with E-state index in [9.17, 15) is 9.59 Å². The first-order valence-corrected chi connectivity index (χ1v) is 7.14. The van der Waals surface area contributed by atoms with Gasteiger partial charge in [0.05, 0.1) is 23.3 Å². The highest BCUT2D eigenvalue weighted by atomic mass is 32.1. The average molecular weight is 280 g/mol. The number of aryl methyl sites for hydroxylation is 1. The van der Waals surface area contributed by atoms with Gasteiger partial charge in [0, 0.05) is 26.7 Å². The maximum Gasteiger partial charge on any atom is 0.275 e. The number of carbonyl (C=O) groups excluding carboxylic acids is 2. The zero-order valence-electron chi connectivity index (χ0n) is 11.0. The van der Waals surface area contributed by atoms with Gasteiger partial charge in [-0.2, -0.15) is 8.75 Å². The van der Waals surface area contributed by atoms with Gasteiger partial charge in [-0.25, -0.2) is 0 Å². The third kappa shape index (κ3) is 2.01. The SMILES string of the molecule is Cc1nsnc1C(=O)N1C[C@H]2CCN(C)C(=O)[C@H]2C1. The number of hydrogen-bond acceptors (Lipinski definition) is 5. The summed E-state index contributed by atoms with van der Waals surface area (Å²) in [6.07, 6.45) is 0.977. The molecule has 2 atom stereocenters. The quantitative estimate of drug-likeness (QED) is 0.746. The topological polar surface area (TPSA) is 66.4 Å². The van der Waals surface area contributed by atoms with Crippen molar-refractivity contribution in [2.24, 2.45) is 11.8 Å². The molecule has 2 saturated heterocycles. The van der Waals surface area contributed by atoms with Crippen LogP contribution in [-0.2, 0) is 4.79 Å². The van der Waals surface area contributed by atoms with Gasteiger partial charge < -0.3 is 9.80 Å². The molecule has 0 spiro atoms. The molecule has 6 nitrogen and oxygen atoms in total. The maximum absolute atomic E-state index is 12.4. The molecule has 0 saturated carbocycles. The Hall–Kier alpha value is -1.50. The number of piperidine rings is 1. The Labute approximate surface area is 115 Å². The molecular weight excluding hydrogens is 264 g/mol. The van der Waals surface area contributed by atoms with Crippen LogP contribution in [-0.4, -0.2) is 57.0 Å². The van der Waals surface area contributed by atoms with Gasteiger partial charge in [-0.1, -0.05) is 0 Å². The highest BCUT2D eigenvalue weighted by molar-refractivity contribution is 6.99. The zero-order chi connectivity index (χ0) is 13.6. The first-order valence-electron chi connectivity index (χ1n) is 6.41. The molecule has 3 rings (SSSR count). The summed E-state index contributed by atoms with van der Waals surface area (Å²) >= 11 is 1.06. The Kier molecular flexibility index (Phi) is 3.00. The van der Waals surface area contributed by atoms with E-state index in [1.807, 2.05) is 7.05 Å². The van der Waals surface area contributed by atoms with Gasteiger partial charge in [-0.15, -0.1) is 0 Å². The van der Waals surface area contributed by atoms with E-state index in [0.29, 0.717) is 30.4 Å². The Morgan fingerprint density at radius 1 is 1.37 bits per heavy atom. The number of aromatic nitrogens is 2. The summed E-state index contributed by atoms with van der Waals surface area (Å²) in [5, 5.41) is 0. The standard InChI is InChI=1S/C12H16N4O2S/c1-7-10(14-19-13-7)12(18)16-5-8-3-4-15(2)11(17)9(8)6-16/h8-9H,3-6H2,1-2H3/t8-,9+/m1/s1. The fourth-order valence-electron chi connectivity index (χ4n) is 2.94. The lowest BCUT2D eigenvalue weighted by molar-refractivity contribution is -0.137. The molecule has 102 valence electrons. The van der Waals surface area contributed by atoms with Crippen molar-refractivity contribution in [1.82, 2.24) is 18.5 Å². The molecule has 2 aliphatic rings. The first-order chi connectivity index (χ1) is 9.08. The molecule has 0 unspecified atom stereocenters. The van der Waals surface area contributed by atoms with E-state index in [4.69, 9.17) is 0 Å². The number of amides is 2. The van der Waals surface area contributed by atoms with Crippen LogP contribution in [0, 0.1) is 18.8 Å². The molecule has 0 bridgehead atoms. The molecule has 2 fully saturated rings. The van der Waals surface area contributed by atoms with Gasteiger partial charge in [-0.3, -0.25) is 9.59 Å².